The molecule has 3 aliphatic rings. The minimum atomic E-state index is -0.130. The molecule has 0 bridgehead atoms. The molecule has 2 heterocycles. The number of rotatable bonds is 17. The summed E-state index contributed by atoms with van der Waals surface area (Å²) < 4.78 is 7.46. The van der Waals surface area contributed by atoms with Crippen molar-refractivity contribution in [3.8, 4) is 0 Å². The van der Waals surface area contributed by atoms with Crippen LogP contribution in [0.3, 0.4) is 0 Å². The molecule has 4 heteroatoms. The zero-order valence-corrected chi connectivity index (χ0v) is 44.5. The first-order chi connectivity index (χ1) is 30.7. The van der Waals surface area contributed by atoms with Gasteiger partial charge in [-0.25, -0.2) is 0 Å². The first-order valence-corrected chi connectivity index (χ1v) is 25.7. The molecule has 0 amide bonds. The topological polar surface area (TPSA) is 28.4 Å². The molecule has 0 spiro atoms. The largest absolute Gasteiger partial charge is 0.468 e. The van der Waals surface area contributed by atoms with Crippen LogP contribution in [0.5, 0.6) is 0 Å². The molecule has 0 saturated carbocycles. The minimum absolute atomic E-state index is 0.0474. The average Bonchev–Trinajstić information content (AvgIpc) is 3.62. The summed E-state index contributed by atoms with van der Waals surface area (Å²) in [4.78, 5) is 2.54. The predicted molar refractivity (Wildman–Crippen MR) is 292 cm³/mol. The fraction of sp³-hybridized carbons (Fsp3) is 0.548. The molecule has 2 aromatic carbocycles. The van der Waals surface area contributed by atoms with Crippen molar-refractivity contribution in [2.45, 2.75) is 184 Å². The van der Waals surface area contributed by atoms with E-state index in [-0.39, 0.29) is 39.8 Å². The van der Waals surface area contributed by atoms with E-state index in [4.69, 9.17) is 11.0 Å². The van der Waals surface area contributed by atoms with Crippen molar-refractivity contribution < 1.29 is 4.42 Å². The molecule has 1 N–H and O–H groups in total. The highest BCUT2D eigenvalue weighted by molar-refractivity contribution is 6.92. The second kappa shape index (κ2) is 19.4. The van der Waals surface area contributed by atoms with Crippen LogP contribution in [0, 0.1) is 22.7 Å². The van der Waals surface area contributed by atoms with Crippen molar-refractivity contribution in [2.75, 3.05) is 18.0 Å². The van der Waals surface area contributed by atoms with Gasteiger partial charge >= 0.3 is 0 Å². The number of hydrogen-bond acceptors (Lipinski definition) is 3. The van der Waals surface area contributed by atoms with E-state index in [9.17, 15) is 0 Å². The zero-order valence-electron chi connectivity index (χ0n) is 44.5. The van der Waals surface area contributed by atoms with Crippen LogP contribution in [0.4, 0.5) is 5.69 Å². The van der Waals surface area contributed by atoms with Gasteiger partial charge in [-0.05, 0) is 143 Å². The molecule has 3 aromatic rings. The summed E-state index contributed by atoms with van der Waals surface area (Å²) in [5.41, 5.74) is 16.5. The molecule has 0 radical (unpaired) electrons. The minimum Gasteiger partial charge on any atom is -0.468 e. The van der Waals surface area contributed by atoms with Gasteiger partial charge in [0, 0.05) is 24.2 Å². The second-order valence-corrected chi connectivity index (χ2v) is 25.0. The first-order valence-electron chi connectivity index (χ1n) is 25.7. The van der Waals surface area contributed by atoms with E-state index in [0.29, 0.717) is 18.4 Å². The third kappa shape index (κ3) is 10.9. The Labute approximate surface area is 404 Å². The smallest absolute Gasteiger partial charge is 0.290 e. The van der Waals surface area contributed by atoms with Crippen molar-refractivity contribution in [3.63, 3.8) is 0 Å². The monoisotopic (exact) mass is 889 g/mol. The Morgan fingerprint density at radius 2 is 1.55 bits per heavy atom. The molecular formula is C62H89BN2O. The first kappa shape index (κ1) is 51.2. The SMILES string of the molecule is C=CCCC(=C)C(=C)C(CC1=CC(C)CCC1(C)C)NC(/C=C(\C)C(C)(C)C)=C1/CN(CC=C)c2c(oc3cc4c(cc23)C(C)(C)CCC4(C)C)B1c1ccc(C(C)(C)CCC(C)C)cc1. The summed E-state index contributed by atoms with van der Waals surface area (Å²) >= 11 is 0. The van der Waals surface area contributed by atoms with Gasteiger partial charge in [-0.15, -0.1) is 13.2 Å². The van der Waals surface area contributed by atoms with Gasteiger partial charge in [-0.3, -0.25) is 0 Å². The highest BCUT2D eigenvalue weighted by Crippen LogP contribution is 2.49. The fourth-order valence-corrected chi connectivity index (χ4v) is 10.8. The van der Waals surface area contributed by atoms with Gasteiger partial charge in [-0.1, -0.05) is 181 Å². The average molecular weight is 889 g/mol. The molecule has 0 fully saturated rings. The zero-order chi connectivity index (χ0) is 48.7. The van der Waals surface area contributed by atoms with Gasteiger partial charge in [0.2, 0.25) is 0 Å². The molecule has 356 valence electrons. The van der Waals surface area contributed by atoms with E-state index in [0.717, 1.165) is 73.2 Å². The quantitative estimate of drug-likeness (QED) is 0.0832. The molecule has 2 aliphatic carbocycles. The Morgan fingerprint density at radius 1 is 0.909 bits per heavy atom. The third-order valence-electron chi connectivity index (χ3n) is 16.4. The third-order valence-corrected chi connectivity index (χ3v) is 16.4. The van der Waals surface area contributed by atoms with Gasteiger partial charge in [0.05, 0.1) is 17.4 Å². The number of benzene rings is 2. The van der Waals surface area contributed by atoms with Crippen LogP contribution in [0.1, 0.15) is 178 Å². The maximum atomic E-state index is 7.46. The Hall–Kier alpha value is -4.18. The van der Waals surface area contributed by atoms with E-state index in [1.54, 1.807) is 0 Å². The molecular weight excluding hydrogens is 800 g/mol. The Bertz CT molecular complexity index is 2400. The lowest BCUT2D eigenvalue weighted by Gasteiger charge is -2.42. The number of nitrogens with one attached hydrogen (secondary N) is 1. The van der Waals surface area contributed by atoms with Crippen molar-refractivity contribution in [2.24, 2.45) is 22.7 Å². The molecule has 1 aromatic heterocycles. The van der Waals surface area contributed by atoms with Crippen molar-refractivity contribution in [1.29, 1.82) is 0 Å². The maximum absolute atomic E-state index is 7.46. The van der Waals surface area contributed by atoms with Crippen LogP contribution < -0.4 is 21.3 Å². The Kier molecular flexibility index (Phi) is 15.1. The predicted octanol–water partition coefficient (Wildman–Crippen LogP) is 15.7. The van der Waals surface area contributed by atoms with Gasteiger partial charge < -0.3 is 14.6 Å². The standard InChI is InChI=1S/C62H89BN2O/c1-20-22-23-43(6)45(8)53(37-47-35-42(5)29-31-60(47,14)15)64-54(36-44(7)58(9,10)11)52-40-65(34-21-2)56-49-38-50-51(62(18,19)33-32-61(50,16)17)39-55(49)66-57(56)63(52)48-26-24-46(25-27-48)59(12,13)30-28-41(3)4/h20-21,24-27,35-36,38-39,41-42,53,64H,1-2,6,8,22-23,28-34,37,40H2,3-5,7,9-19H3/b44-36+,54-52-. The number of anilines is 1. The number of nitrogens with zero attached hydrogens (tertiary/aromatic N) is 1. The van der Waals surface area contributed by atoms with Crippen LogP contribution in [0.2, 0.25) is 0 Å². The summed E-state index contributed by atoms with van der Waals surface area (Å²) in [7, 11) is 0. The van der Waals surface area contributed by atoms with Gasteiger partial charge in [0.25, 0.3) is 6.71 Å². The van der Waals surface area contributed by atoms with Gasteiger partial charge in [0.15, 0.2) is 0 Å². The van der Waals surface area contributed by atoms with Crippen LogP contribution in [-0.2, 0) is 16.2 Å². The Balaban J connectivity index is 1.67. The molecule has 3 nitrogen and oxygen atoms in total. The number of furan rings is 1. The summed E-state index contributed by atoms with van der Waals surface area (Å²) in [5, 5.41) is 5.54. The molecule has 66 heavy (non-hydrogen) atoms. The number of allylic oxidation sites excluding steroid dienone is 4. The van der Waals surface area contributed by atoms with E-state index in [1.165, 1.54) is 69.1 Å². The molecule has 0 saturated heterocycles. The molecule has 6 rings (SSSR count). The summed E-state index contributed by atoms with van der Waals surface area (Å²) in [6.45, 7) is 54.9. The van der Waals surface area contributed by atoms with Crippen LogP contribution >= 0.6 is 0 Å². The van der Waals surface area contributed by atoms with Crippen LogP contribution in [-0.4, -0.2) is 25.8 Å². The lowest BCUT2D eigenvalue weighted by atomic mass is 9.36. The fourth-order valence-electron chi connectivity index (χ4n) is 10.8. The summed E-state index contributed by atoms with van der Waals surface area (Å²) in [6.07, 6.45) is 18.8. The van der Waals surface area contributed by atoms with E-state index in [1.807, 2.05) is 6.08 Å². The van der Waals surface area contributed by atoms with E-state index >= 15 is 0 Å². The summed E-state index contributed by atoms with van der Waals surface area (Å²) in [5.74, 6) is 1.22. The van der Waals surface area contributed by atoms with Crippen molar-refractivity contribution in [3.05, 3.63) is 137 Å². The normalized spacial score (nSPS) is 20.6. The summed E-state index contributed by atoms with van der Waals surface area (Å²) in [6, 6.07) is 14.5. The maximum Gasteiger partial charge on any atom is 0.290 e. The number of hydrogen-bond donors (Lipinski definition) is 1. The highest BCUT2D eigenvalue weighted by Gasteiger charge is 2.43. The van der Waals surface area contributed by atoms with Crippen LogP contribution in [0.25, 0.3) is 11.0 Å². The highest BCUT2D eigenvalue weighted by atomic mass is 16.3. The number of fused-ring (bicyclic) bond motifs is 4. The molecule has 2 atom stereocenters. The van der Waals surface area contributed by atoms with Crippen LogP contribution in [0.15, 0.2) is 125 Å². The van der Waals surface area contributed by atoms with Crippen molar-refractivity contribution in [1.82, 2.24) is 5.32 Å². The van der Waals surface area contributed by atoms with Crippen molar-refractivity contribution >= 4 is 34.5 Å². The lowest BCUT2D eigenvalue weighted by molar-refractivity contribution is 0.326. The lowest BCUT2D eigenvalue weighted by Crippen LogP contribution is -2.54. The van der Waals surface area contributed by atoms with E-state index in [2.05, 4.69) is 188 Å². The second-order valence-electron chi connectivity index (χ2n) is 25.0. The van der Waals surface area contributed by atoms with Gasteiger partial charge in [0.1, 0.15) is 5.58 Å². The Morgan fingerprint density at radius 3 is 2.14 bits per heavy atom. The van der Waals surface area contributed by atoms with E-state index < -0.39 is 0 Å². The molecule has 2 unspecified atom stereocenters. The van der Waals surface area contributed by atoms with Gasteiger partial charge in [-0.2, -0.15) is 0 Å². The molecule has 1 aliphatic heterocycles.